The SMILES string of the molecule is CC(c1ccc(Cl)cc1Cl)N(C)C(=O)Cc1ccc([N+](=O)[O-])cc1. The number of halogens is 2. The molecule has 0 bridgehead atoms. The van der Waals surface area contributed by atoms with Crippen molar-refractivity contribution >= 4 is 34.8 Å². The van der Waals surface area contributed by atoms with Gasteiger partial charge in [0.15, 0.2) is 0 Å². The van der Waals surface area contributed by atoms with Crippen LogP contribution in [0, 0.1) is 10.1 Å². The maximum Gasteiger partial charge on any atom is 0.269 e. The maximum atomic E-state index is 12.4. The molecule has 0 aliphatic rings. The van der Waals surface area contributed by atoms with Crippen LogP contribution in [-0.4, -0.2) is 22.8 Å². The Bertz CT molecular complexity index is 763. The summed E-state index contributed by atoms with van der Waals surface area (Å²) in [5.41, 5.74) is 1.52. The van der Waals surface area contributed by atoms with E-state index in [-0.39, 0.29) is 24.1 Å². The number of likely N-dealkylation sites (N-methyl/N-ethyl adjacent to an activating group) is 1. The van der Waals surface area contributed by atoms with Crippen LogP contribution in [0.1, 0.15) is 24.1 Å². The van der Waals surface area contributed by atoms with Gasteiger partial charge in [0, 0.05) is 29.2 Å². The molecular formula is C17H16Cl2N2O3. The number of hydrogen-bond acceptors (Lipinski definition) is 3. The summed E-state index contributed by atoms with van der Waals surface area (Å²) >= 11 is 12.1. The van der Waals surface area contributed by atoms with Crippen molar-refractivity contribution in [3.05, 3.63) is 73.8 Å². The van der Waals surface area contributed by atoms with Gasteiger partial charge in [-0.2, -0.15) is 0 Å². The summed E-state index contributed by atoms with van der Waals surface area (Å²) in [7, 11) is 1.70. The number of benzene rings is 2. The highest BCUT2D eigenvalue weighted by Crippen LogP contribution is 2.29. The molecular weight excluding hydrogens is 351 g/mol. The molecule has 0 saturated heterocycles. The molecule has 0 radical (unpaired) electrons. The summed E-state index contributed by atoms with van der Waals surface area (Å²) in [5.74, 6) is -0.109. The third kappa shape index (κ3) is 4.24. The molecule has 5 nitrogen and oxygen atoms in total. The summed E-state index contributed by atoms with van der Waals surface area (Å²) in [5, 5.41) is 11.7. The molecule has 2 rings (SSSR count). The maximum absolute atomic E-state index is 12.4. The zero-order chi connectivity index (χ0) is 17.9. The van der Waals surface area contributed by atoms with Gasteiger partial charge in [-0.3, -0.25) is 14.9 Å². The first-order chi connectivity index (χ1) is 11.3. The first-order valence-electron chi connectivity index (χ1n) is 7.23. The van der Waals surface area contributed by atoms with Crippen molar-refractivity contribution in [1.82, 2.24) is 4.90 Å². The van der Waals surface area contributed by atoms with Gasteiger partial charge in [0.1, 0.15) is 0 Å². The van der Waals surface area contributed by atoms with E-state index in [4.69, 9.17) is 23.2 Å². The number of nitro groups is 1. The Morgan fingerprint density at radius 1 is 1.21 bits per heavy atom. The molecule has 1 unspecified atom stereocenters. The van der Waals surface area contributed by atoms with Crippen molar-refractivity contribution in [3.63, 3.8) is 0 Å². The van der Waals surface area contributed by atoms with Crippen LogP contribution >= 0.6 is 23.2 Å². The zero-order valence-electron chi connectivity index (χ0n) is 13.2. The average molecular weight is 367 g/mol. The largest absolute Gasteiger partial charge is 0.339 e. The van der Waals surface area contributed by atoms with E-state index in [0.29, 0.717) is 15.6 Å². The molecule has 126 valence electrons. The first kappa shape index (κ1) is 18.2. The van der Waals surface area contributed by atoms with Crippen molar-refractivity contribution < 1.29 is 9.72 Å². The number of carbonyl (C=O) groups excluding carboxylic acids is 1. The van der Waals surface area contributed by atoms with Crippen molar-refractivity contribution in [1.29, 1.82) is 0 Å². The first-order valence-corrected chi connectivity index (χ1v) is 7.99. The fraction of sp³-hybridized carbons (Fsp3) is 0.235. The lowest BCUT2D eigenvalue weighted by Crippen LogP contribution is -2.31. The van der Waals surface area contributed by atoms with Gasteiger partial charge >= 0.3 is 0 Å². The second-order valence-corrected chi connectivity index (χ2v) is 6.29. The lowest BCUT2D eigenvalue weighted by Gasteiger charge is -2.26. The van der Waals surface area contributed by atoms with Crippen LogP contribution < -0.4 is 0 Å². The van der Waals surface area contributed by atoms with E-state index in [1.165, 1.54) is 12.1 Å². The number of non-ortho nitro benzene ring substituents is 1. The minimum atomic E-state index is -0.470. The third-order valence-electron chi connectivity index (χ3n) is 3.89. The molecule has 0 aromatic heterocycles. The third-order valence-corrected chi connectivity index (χ3v) is 4.45. The molecule has 0 saturated carbocycles. The zero-order valence-corrected chi connectivity index (χ0v) is 14.7. The lowest BCUT2D eigenvalue weighted by atomic mass is 10.1. The number of carbonyl (C=O) groups is 1. The Labute approximate surface area is 149 Å². The molecule has 0 heterocycles. The quantitative estimate of drug-likeness (QED) is 0.570. The van der Waals surface area contributed by atoms with Gasteiger partial charge < -0.3 is 4.90 Å². The molecule has 1 atom stereocenters. The summed E-state index contributed by atoms with van der Waals surface area (Å²) in [4.78, 5) is 24.2. The van der Waals surface area contributed by atoms with E-state index in [1.807, 2.05) is 6.92 Å². The predicted octanol–water partition coefficient (Wildman–Crippen LogP) is 4.66. The molecule has 0 spiro atoms. The van der Waals surface area contributed by atoms with Gasteiger partial charge in [0.25, 0.3) is 5.69 Å². The van der Waals surface area contributed by atoms with Crippen molar-refractivity contribution in [2.45, 2.75) is 19.4 Å². The highest BCUT2D eigenvalue weighted by molar-refractivity contribution is 6.35. The summed E-state index contributed by atoms with van der Waals surface area (Å²) < 4.78 is 0. The topological polar surface area (TPSA) is 63.5 Å². The predicted molar refractivity (Wildman–Crippen MR) is 94.4 cm³/mol. The Morgan fingerprint density at radius 3 is 2.38 bits per heavy atom. The smallest absolute Gasteiger partial charge is 0.269 e. The number of nitro benzene ring substituents is 1. The van der Waals surface area contributed by atoms with Crippen molar-refractivity contribution in [3.8, 4) is 0 Å². The van der Waals surface area contributed by atoms with Crippen LogP contribution in [0.3, 0.4) is 0 Å². The van der Waals surface area contributed by atoms with E-state index in [1.54, 1.807) is 42.3 Å². The van der Waals surface area contributed by atoms with Gasteiger partial charge in [-0.15, -0.1) is 0 Å². The molecule has 0 N–H and O–H groups in total. The van der Waals surface area contributed by atoms with Crippen LogP contribution in [-0.2, 0) is 11.2 Å². The Morgan fingerprint density at radius 2 is 1.83 bits per heavy atom. The number of hydrogen-bond donors (Lipinski definition) is 0. The molecule has 24 heavy (non-hydrogen) atoms. The van der Waals surface area contributed by atoms with E-state index < -0.39 is 4.92 Å². The Balaban J connectivity index is 2.09. The highest BCUT2D eigenvalue weighted by atomic mass is 35.5. The second kappa shape index (κ2) is 7.64. The fourth-order valence-corrected chi connectivity index (χ4v) is 2.87. The standard InChI is InChI=1S/C17H16Cl2N2O3/c1-11(15-8-5-13(18)10-16(15)19)20(2)17(22)9-12-3-6-14(7-4-12)21(23)24/h3-8,10-11H,9H2,1-2H3. The van der Waals surface area contributed by atoms with Gasteiger partial charge in [-0.25, -0.2) is 0 Å². The minimum Gasteiger partial charge on any atom is -0.339 e. The van der Waals surface area contributed by atoms with Crippen LogP contribution in [0.4, 0.5) is 5.69 Å². The van der Waals surface area contributed by atoms with Crippen LogP contribution in [0.2, 0.25) is 10.0 Å². The molecule has 0 aliphatic heterocycles. The van der Waals surface area contributed by atoms with Crippen LogP contribution in [0.15, 0.2) is 42.5 Å². The van der Waals surface area contributed by atoms with Crippen LogP contribution in [0.5, 0.6) is 0 Å². The molecule has 0 aliphatic carbocycles. The normalized spacial score (nSPS) is 11.8. The molecule has 2 aromatic rings. The summed E-state index contributed by atoms with van der Waals surface area (Å²) in [6.45, 7) is 1.88. The van der Waals surface area contributed by atoms with E-state index in [9.17, 15) is 14.9 Å². The molecule has 2 aromatic carbocycles. The molecule has 7 heteroatoms. The Kier molecular flexibility index (Phi) is 5.80. The van der Waals surface area contributed by atoms with Crippen molar-refractivity contribution in [2.75, 3.05) is 7.05 Å². The van der Waals surface area contributed by atoms with E-state index >= 15 is 0 Å². The van der Waals surface area contributed by atoms with E-state index in [2.05, 4.69) is 0 Å². The van der Waals surface area contributed by atoms with Crippen molar-refractivity contribution in [2.24, 2.45) is 0 Å². The number of rotatable bonds is 5. The van der Waals surface area contributed by atoms with Gasteiger partial charge in [0.2, 0.25) is 5.91 Å². The lowest BCUT2D eigenvalue weighted by molar-refractivity contribution is -0.384. The van der Waals surface area contributed by atoms with Gasteiger partial charge in [0.05, 0.1) is 17.4 Å². The monoisotopic (exact) mass is 366 g/mol. The fourth-order valence-electron chi connectivity index (χ4n) is 2.30. The second-order valence-electron chi connectivity index (χ2n) is 5.45. The summed E-state index contributed by atoms with van der Waals surface area (Å²) in [6.07, 6.45) is 0.157. The Hall–Kier alpha value is -2.11. The average Bonchev–Trinajstić information content (AvgIpc) is 2.54. The highest BCUT2D eigenvalue weighted by Gasteiger charge is 2.20. The van der Waals surface area contributed by atoms with Gasteiger partial charge in [-0.1, -0.05) is 41.4 Å². The van der Waals surface area contributed by atoms with E-state index in [0.717, 1.165) is 5.56 Å². The number of nitrogens with zero attached hydrogens (tertiary/aromatic N) is 2. The number of amides is 1. The van der Waals surface area contributed by atoms with Gasteiger partial charge in [-0.05, 0) is 30.2 Å². The molecule has 1 amide bonds. The molecule has 0 fully saturated rings. The summed E-state index contributed by atoms with van der Waals surface area (Å²) in [6, 6.07) is 10.9. The van der Waals surface area contributed by atoms with Crippen LogP contribution in [0.25, 0.3) is 0 Å². The minimum absolute atomic E-state index is 0.000803.